The van der Waals surface area contributed by atoms with Crippen LogP contribution in [0.25, 0.3) is 0 Å². The van der Waals surface area contributed by atoms with Gasteiger partial charge in [0.15, 0.2) is 11.5 Å². The Morgan fingerprint density at radius 3 is 2.33 bits per heavy atom. The van der Waals surface area contributed by atoms with Crippen molar-refractivity contribution in [1.82, 2.24) is 0 Å². The average molecular weight is 251 g/mol. The lowest BCUT2D eigenvalue weighted by Crippen LogP contribution is -2.04. The molecular formula is C15H25NO2. The second-order valence-electron chi connectivity index (χ2n) is 4.77. The number of nitrogens with two attached hydrogens (primary N) is 1. The molecule has 0 aliphatic carbocycles. The van der Waals surface area contributed by atoms with Crippen LogP contribution in [0.2, 0.25) is 0 Å². The van der Waals surface area contributed by atoms with E-state index in [0.29, 0.717) is 5.92 Å². The Labute approximate surface area is 110 Å². The fourth-order valence-electron chi connectivity index (χ4n) is 2.25. The first-order valence-electron chi connectivity index (χ1n) is 6.59. The van der Waals surface area contributed by atoms with Crippen LogP contribution in [0, 0.1) is 0 Å². The molecule has 1 aromatic rings. The van der Waals surface area contributed by atoms with Crippen molar-refractivity contribution < 1.29 is 9.47 Å². The molecule has 1 rings (SSSR count). The second-order valence-corrected chi connectivity index (χ2v) is 4.77. The van der Waals surface area contributed by atoms with E-state index in [2.05, 4.69) is 19.9 Å². The van der Waals surface area contributed by atoms with Gasteiger partial charge in [-0.15, -0.1) is 0 Å². The lowest BCUT2D eigenvalue weighted by Gasteiger charge is -2.19. The fourth-order valence-corrected chi connectivity index (χ4v) is 2.25. The number of methoxy groups -OCH3 is 2. The van der Waals surface area contributed by atoms with Crippen molar-refractivity contribution in [2.75, 3.05) is 20.8 Å². The SMILES string of the molecule is COc1ccc(C(C)C)c(CCCCN)c1OC. The predicted octanol–water partition coefficient (Wildman–Crippen LogP) is 3.11. The molecule has 0 aliphatic heterocycles. The van der Waals surface area contributed by atoms with E-state index in [9.17, 15) is 0 Å². The highest BCUT2D eigenvalue weighted by atomic mass is 16.5. The van der Waals surface area contributed by atoms with Gasteiger partial charge in [-0.2, -0.15) is 0 Å². The van der Waals surface area contributed by atoms with Gasteiger partial charge in [0.2, 0.25) is 0 Å². The van der Waals surface area contributed by atoms with Gasteiger partial charge in [0.25, 0.3) is 0 Å². The Morgan fingerprint density at radius 1 is 1.11 bits per heavy atom. The van der Waals surface area contributed by atoms with Crippen LogP contribution in [0.4, 0.5) is 0 Å². The molecule has 0 saturated carbocycles. The third-order valence-corrected chi connectivity index (χ3v) is 3.19. The molecule has 0 bridgehead atoms. The van der Waals surface area contributed by atoms with Crippen LogP contribution in [0.5, 0.6) is 11.5 Å². The van der Waals surface area contributed by atoms with Gasteiger partial charge in [-0.25, -0.2) is 0 Å². The van der Waals surface area contributed by atoms with Gasteiger partial charge in [0.1, 0.15) is 0 Å². The van der Waals surface area contributed by atoms with Gasteiger partial charge in [0, 0.05) is 5.56 Å². The maximum atomic E-state index is 5.56. The van der Waals surface area contributed by atoms with E-state index in [1.807, 2.05) is 6.07 Å². The molecule has 0 fully saturated rings. The van der Waals surface area contributed by atoms with E-state index < -0.39 is 0 Å². The number of ether oxygens (including phenoxy) is 2. The van der Waals surface area contributed by atoms with Crippen molar-refractivity contribution in [3.05, 3.63) is 23.3 Å². The van der Waals surface area contributed by atoms with Gasteiger partial charge >= 0.3 is 0 Å². The van der Waals surface area contributed by atoms with Crippen LogP contribution in [0.3, 0.4) is 0 Å². The summed E-state index contributed by atoms with van der Waals surface area (Å²) in [6, 6.07) is 4.13. The van der Waals surface area contributed by atoms with Crippen molar-refractivity contribution in [1.29, 1.82) is 0 Å². The molecule has 3 nitrogen and oxygen atoms in total. The van der Waals surface area contributed by atoms with Gasteiger partial charge in [-0.05, 0) is 43.4 Å². The number of rotatable bonds is 7. The summed E-state index contributed by atoms with van der Waals surface area (Å²) in [5.74, 6) is 2.17. The molecule has 0 aromatic heterocycles. The Bertz CT molecular complexity index is 375. The normalized spacial score (nSPS) is 10.8. The lowest BCUT2D eigenvalue weighted by molar-refractivity contribution is 0.350. The number of unbranched alkanes of at least 4 members (excludes halogenated alkanes) is 1. The Morgan fingerprint density at radius 2 is 1.83 bits per heavy atom. The van der Waals surface area contributed by atoms with E-state index in [1.165, 1.54) is 11.1 Å². The largest absolute Gasteiger partial charge is 0.493 e. The molecule has 0 spiro atoms. The number of hydrogen-bond acceptors (Lipinski definition) is 3. The molecule has 0 aliphatic rings. The summed E-state index contributed by atoms with van der Waals surface area (Å²) in [5, 5.41) is 0. The standard InChI is InChI=1S/C15H25NO2/c1-11(2)12-8-9-14(17-3)15(18-4)13(12)7-5-6-10-16/h8-9,11H,5-7,10,16H2,1-4H3. The van der Waals surface area contributed by atoms with Crippen LogP contribution in [-0.2, 0) is 6.42 Å². The zero-order valence-electron chi connectivity index (χ0n) is 12.0. The van der Waals surface area contributed by atoms with Crippen LogP contribution in [0.1, 0.15) is 43.7 Å². The molecule has 1 aromatic carbocycles. The molecule has 0 atom stereocenters. The zero-order valence-corrected chi connectivity index (χ0v) is 12.0. The minimum absolute atomic E-state index is 0.484. The van der Waals surface area contributed by atoms with Gasteiger partial charge in [-0.3, -0.25) is 0 Å². The second kappa shape index (κ2) is 7.27. The van der Waals surface area contributed by atoms with Crippen LogP contribution >= 0.6 is 0 Å². The van der Waals surface area contributed by atoms with Crippen molar-refractivity contribution >= 4 is 0 Å². The first-order chi connectivity index (χ1) is 8.65. The summed E-state index contributed by atoms with van der Waals surface area (Å²) in [6.07, 6.45) is 3.11. The Hall–Kier alpha value is -1.22. The predicted molar refractivity (Wildman–Crippen MR) is 75.6 cm³/mol. The summed E-state index contributed by atoms with van der Waals surface area (Å²) < 4.78 is 10.9. The Balaban J connectivity index is 3.12. The molecule has 2 N–H and O–H groups in total. The average Bonchev–Trinajstić information content (AvgIpc) is 2.37. The van der Waals surface area contributed by atoms with E-state index >= 15 is 0 Å². The first-order valence-corrected chi connectivity index (χ1v) is 6.59. The highest BCUT2D eigenvalue weighted by Crippen LogP contribution is 2.37. The quantitative estimate of drug-likeness (QED) is 0.757. The van der Waals surface area contributed by atoms with Gasteiger partial charge < -0.3 is 15.2 Å². The fraction of sp³-hybridized carbons (Fsp3) is 0.600. The monoisotopic (exact) mass is 251 g/mol. The van der Waals surface area contributed by atoms with Crippen molar-refractivity contribution in [3.63, 3.8) is 0 Å². The molecule has 0 unspecified atom stereocenters. The van der Waals surface area contributed by atoms with Gasteiger partial charge in [-0.1, -0.05) is 19.9 Å². The third-order valence-electron chi connectivity index (χ3n) is 3.19. The molecule has 0 radical (unpaired) electrons. The molecule has 0 heterocycles. The minimum atomic E-state index is 0.484. The lowest BCUT2D eigenvalue weighted by atomic mass is 9.92. The third kappa shape index (κ3) is 3.39. The molecule has 0 amide bonds. The highest BCUT2D eigenvalue weighted by molar-refractivity contribution is 5.51. The minimum Gasteiger partial charge on any atom is -0.493 e. The van der Waals surface area contributed by atoms with E-state index in [0.717, 1.165) is 37.3 Å². The summed E-state index contributed by atoms with van der Waals surface area (Å²) in [4.78, 5) is 0. The summed E-state index contributed by atoms with van der Waals surface area (Å²) in [5.41, 5.74) is 8.16. The molecule has 18 heavy (non-hydrogen) atoms. The topological polar surface area (TPSA) is 44.5 Å². The van der Waals surface area contributed by atoms with Crippen LogP contribution in [0.15, 0.2) is 12.1 Å². The van der Waals surface area contributed by atoms with Crippen LogP contribution in [-0.4, -0.2) is 20.8 Å². The molecule has 102 valence electrons. The van der Waals surface area contributed by atoms with Crippen molar-refractivity contribution in [2.45, 2.75) is 39.0 Å². The van der Waals surface area contributed by atoms with Crippen LogP contribution < -0.4 is 15.2 Å². The summed E-state index contributed by atoms with van der Waals surface area (Å²) in [7, 11) is 3.38. The van der Waals surface area contributed by atoms with E-state index in [-0.39, 0.29) is 0 Å². The molecule has 3 heteroatoms. The molecular weight excluding hydrogens is 226 g/mol. The maximum Gasteiger partial charge on any atom is 0.164 e. The summed E-state index contributed by atoms with van der Waals surface area (Å²) >= 11 is 0. The van der Waals surface area contributed by atoms with E-state index in [1.54, 1.807) is 14.2 Å². The number of benzene rings is 1. The van der Waals surface area contributed by atoms with E-state index in [4.69, 9.17) is 15.2 Å². The molecule has 0 saturated heterocycles. The first kappa shape index (κ1) is 14.8. The zero-order chi connectivity index (χ0) is 13.5. The smallest absolute Gasteiger partial charge is 0.164 e. The van der Waals surface area contributed by atoms with Crippen molar-refractivity contribution in [2.24, 2.45) is 5.73 Å². The highest BCUT2D eigenvalue weighted by Gasteiger charge is 2.16. The Kier molecular flexibility index (Phi) is 5.99. The summed E-state index contributed by atoms with van der Waals surface area (Å²) in [6.45, 7) is 5.14. The number of hydrogen-bond donors (Lipinski definition) is 1. The maximum absolute atomic E-state index is 5.56. The van der Waals surface area contributed by atoms with Gasteiger partial charge in [0.05, 0.1) is 14.2 Å². The van der Waals surface area contributed by atoms with Crippen molar-refractivity contribution in [3.8, 4) is 11.5 Å².